The van der Waals surface area contributed by atoms with Crippen LogP contribution >= 0.6 is 0 Å². The van der Waals surface area contributed by atoms with Gasteiger partial charge in [-0.3, -0.25) is 4.79 Å². The second-order valence-electron chi connectivity index (χ2n) is 6.38. The van der Waals surface area contributed by atoms with E-state index in [1.807, 2.05) is 25.1 Å². The first-order valence-electron chi connectivity index (χ1n) is 8.94. The van der Waals surface area contributed by atoms with E-state index in [-0.39, 0.29) is 5.91 Å². The Bertz CT molecular complexity index is 1080. The number of amides is 1. The highest BCUT2D eigenvalue weighted by Crippen LogP contribution is 2.38. The lowest BCUT2D eigenvalue weighted by Crippen LogP contribution is -2.31. The van der Waals surface area contributed by atoms with Crippen molar-refractivity contribution < 1.29 is 14.3 Å². The number of ether oxygens (including phenoxy) is 2. The van der Waals surface area contributed by atoms with Crippen molar-refractivity contribution in [3.8, 4) is 11.5 Å². The zero-order valence-electron chi connectivity index (χ0n) is 16.2. The lowest BCUT2D eigenvalue weighted by atomic mass is 9.94. The minimum absolute atomic E-state index is 0.283. The van der Waals surface area contributed by atoms with E-state index in [9.17, 15) is 4.79 Å². The second kappa shape index (κ2) is 7.63. The largest absolute Gasteiger partial charge is 0.493 e. The number of allylic oxidation sites excluding steroid dienone is 1. The van der Waals surface area contributed by atoms with Crippen LogP contribution in [0.2, 0.25) is 0 Å². The lowest BCUT2D eigenvalue weighted by Gasteiger charge is -2.29. The van der Waals surface area contributed by atoms with Gasteiger partial charge < -0.3 is 20.1 Å². The maximum Gasteiger partial charge on any atom is 0.257 e. The molecule has 3 heterocycles. The van der Waals surface area contributed by atoms with Gasteiger partial charge in [0.2, 0.25) is 5.95 Å². The molecule has 0 spiro atoms. The van der Waals surface area contributed by atoms with Crippen LogP contribution in [0.1, 0.15) is 18.5 Å². The van der Waals surface area contributed by atoms with Gasteiger partial charge in [-0.05, 0) is 36.8 Å². The number of fused-ring (bicyclic) bond motifs is 1. The number of nitrogens with one attached hydrogen (secondary N) is 2. The van der Waals surface area contributed by atoms with Crippen molar-refractivity contribution >= 4 is 17.7 Å². The minimum Gasteiger partial charge on any atom is -0.493 e. The molecule has 1 aliphatic rings. The van der Waals surface area contributed by atoms with Crippen molar-refractivity contribution in [2.75, 3.05) is 24.9 Å². The standard InChI is InChI=1S/C20H20N6O3/c1-12-17(19(27)25-16-6-4-5-9-21-16)18(26-20(24-12)22-11-23-26)13-7-8-14(28-2)15(10-13)29-3/h4-11,18H,1-3H3,(H,21,25,27)(H,22,23,24)/t18-/m1/s1. The number of rotatable bonds is 5. The molecule has 0 saturated carbocycles. The molecule has 2 aromatic heterocycles. The molecule has 4 rings (SSSR count). The van der Waals surface area contributed by atoms with Gasteiger partial charge in [-0.1, -0.05) is 12.1 Å². The molecule has 148 valence electrons. The summed E-state index contributed by atoms with van der Waals surface area (Å²) in [6.45, 7) is 1.83. The maximum absolute atomic E-state index is 13.2. The summed E-state index contributed by atoms with van der Waals surface area (Å²) in [6, 6.07) is 10.3. The molecule has 0 unspecified atom stereocenters. The van der Waals surface area contributed by atoms with Crippen LogP contribution in [0.5, 0.6) is 11.5 Å². The first-order chi connectivity index (χ1) is 14.1. The fourth-order valence-corrected chi connectivity index (χ4v) is 3.34. The Kier molecular flexibility index (Phi) is 4.86. The van der Waals surface area contributed by atoms with Crippen LogP contribution in [0.4, 0.5) is 11.8 Å². The van der Waals surface area contributed by atoms with Crippen LogP contribution in [-0.4, -0.2) is 39.9 Å². The zero-order valence-corrected chi connectivity index (χ0v) is 16.2. The summed E-state index contributed by atoms with van der Waals surface area (Å²) in [7, 11) is 3.15. The number of carbonyl (C=O) groups excluding carboxylic acids is 1. The van der Waals surface area contributed by atoms with E-state index in [2.05, 4.69) is 25.7 Å². The van der Waals surface area contributed by atoms with Crippen LogP contribution in [0.25, 0.3) is 0 Å². The number of anilines is 2. The Morgan fingerprint density at radius 2 is 1.97 bits per heavy atom. The Morgan fingerprint density at radius 1 is 1.14 bits per heavy atom. The van der Waals surface area contributed by atoms with Crippen molar-refractivity contribution in [1.82, 2.24) is 19.7 Å². The van der Waals surface area contributed by atoms with E-state index in [1.54, 1.807) is 43.3 Å². The van der Waals surface area contributed by atoms with Crippen LogP contribution in [-0.2, 0) is 4.79 Å². The summed E-state index contributed by atoms with van der Waals surface area (Å²) in [4.78, 5) is 21.6. The number of hydrogen-bond donors (Lipinski definition) is 2. The van der Waals surface area contributed by atoms with E-state index >= 15 is 0 Å². The molecule has 1 atom stereocenters. The fourth-order valence-electron chi connectivity index (χ4n) is 3.34. The third-order valence-corrected chi connectivity index (χ3v) is 4.67. The Morgan fingerprint density at radius 3 is 2.69 bits per heavy atom. The fraction of sp³-hybridized carbons (Fsp3) is 0.200. The molecule has 1 aliphatic heterocycles. The van der Waals surface area contributed by atoms with Crippen molar-refractivity contribution in [2.24, 2.45) is 0 Å². The Labute approximate surface area is 167 Å². The van der Waals surface area contributed by atoms with Gasteiger partial charge in [0.15, 0.2) is 11.5 Å². The van der Waals surface area contributed by atoms with Crippen LogP contribution in [0.3, 0.4) is 0 Å². The highest BCUT2D eigenvalue weighted by Gasteiger charge is 2.34. The number of aromatic nitrogens is 4. The highest BCUT2D eigenvalue weighted by atomic mass is 16.5. The van der Waals surface area contributed by atoms with Gasteiger partial charge in [0.05, 0.1) is 19.8 Å². The third kappa shape index (κ3) is 3.38. The van der Waals surface area contributed by atoms with Gasteiger partial charge in [0.1, 0.15) is 18.2 Å². The summed E-state index contributed by atoms with van der Waals surface area (Å²) in [5, 5.41) is 10.3. The Balaban J connectivity index is 1.79. The summed E-state index contributed by atoms with van der Waals surface area (Å²) >= 11 is 0. The highest BCUT2D eigenvalue weighted by molar-refractivity contribution is 6.05. The molecule has 9 nitrogen and oxygen atoms in total. The van der Waals surface area contributed by atoms with Crippen molar-refractivity contribution in [3.05, 3.63) is 65.8 Å². The molecule has 0 aliphatic carbocycles. The molecule has 1 aromatic carbocycles. The number of benzene rings is 1. The summed E-state index contributed by atoms with van der Waals surface area (Å²) < 4.78 is 12.4. The van der Waals surface area contributed by atoms with E-state index < -0.39 is 6.04 Å². The Hall–Kier alpha value is -3.88. The molecule has 0 radical (unpaired) electrons. The molecule has 29 heavy (non-hydrogen) atoms. The first kappa shape index (κ1) is 18.5. The van der Waals surface area contributed by atoms with Crippen LogP contribution in [0.15, 0.2) is 60.2 Å². The van der Waals surface area contributed by atoms with Crippen LogP contribution < -0.4 is 20.1 Å². The number of hydrogen-bond acceptors (Lipinski definition) is 7. The smallest absolute Gasteiger partial charge is 0.257 e. The molecular formula is C20H20N6O3. The summed E-state index contributed by atoms with van der Waals surface area (Å²) in [5.74, 6) is 1.90. The second-order valence-corrected chi connectivity index (χ2v) is 6.38. The van der Waals surface area contributed by atoms with Gasteiger partial charge in [-0.2, -0.15) is 10.1 Å². The summed E-state index contributed by atoms with van der Waals surface area (Å²) in [6.07, 6.45) is 3.07. The summed E-state index contributed by atoms with van der Waals surface area (Å²) in [5.41, 5.74) is 1.99. The molecule has 1 amide bonds. The lowest BCUT2D eigenvalue weighted by molar-refractivity contribution is -0.113. The molecule has 9 heteroatoms. The predicted molar refractivity (Wildman–Crippen MR) is 107 cm³/mol. The average Bonchev–Trinajstić information content (AvgIpc) is 3.20. The van der Waals surface area contributed by atoms with E-state index in [0.29, 0.717) is 34.5 Å². The van der Waals surface area contributed by atoms with E-state index in [0.717, 1.165) is 5.56 Å². The van der Waals surface area contributed by atoms with E-state index in [4.69, 9.17) is 9.47 Å². The quantitative estimate of drug-likeness (QED) is 0.688. The molecule has 3 aromatic rings. The molecule has 0 bridgehead atoms. The van der Waals surface area contributed by atoms with Gasteiger partial charge in [-0.15, -0.1) is 0 Å². The van der Waals surface area contributed by atoms with Crippen molar-refractivity contribution in [2.45, 2.75) is 13.0 Å². The number of pyridine rings is 1. The number of carbonyl (C=O) groups is 1. The molecule has 0 fully saturated rings. The third-order valence-electron chi connectivity index (χ3n) is 4.67. The van der Waals surface area contributed by atoms with Gasteiger partial charge in [0, 0.05) is 11.9 Å². The van der Waals surface area contributed by atoms with Gasteiger partial charge in [0.25, 0.3) is 5.91 Å². The minimum atomic E-state index is -0.503. The monoisotopic (exact) mass is 392 g/mol. The molecule has 0 saturated heterocycles. The zero-order chi connectivity index (χ0) is 20.4. The normalized spacial score (nSPS) is 15.3. The van der Waals surface area contributed by atoms with Crippen molar-refractivity contribution in [3.63, 3.8) is 0 Å². The van der Waals surface area contributed by atoms with Gasteiger partial charge >= 0.3 is 0 Å². The van der Waals surface area contributed by atoms with E-state index in [1.165, 1.54) is 6.33 Å². The maximum atomic E-state index is 13.2. The SMILES string of the molecule is COc1ccc([C@@H]2C(C(=O)Nc3ccccn3)=C(C)Nc3ncnn32)cc1OC. The molecule has 2 N–H and O–H groups in total. The van der Waals surface area contributed by atoms with Crippen LogP contribution in [0, 0.1) is 0 Å². The van der Waals surface area contributed by atoms with Gasteiger partial charge in [-0.25, -0.2) is 9.67 Å². The average molecular weight is 392 g/mol. The topological polar surface area (TPSA) is 103 Å². The number of methoxy groups -OCH3 is 2. The number of nitrogens with zero attached hydrogens (tertiary/aromatic N) is 4. The van der Waals surface area contributed by atoms with Crippen molar-refractivity contribution in [1.29, 1.82) is 0 Å². The predicted octanol–water partition coefficient (Wildman–Crippen LogP) is 2.62. The molecular weight excluding hydrogens is 372 g/mol. The first-order valence-corrected chi connectivity index (χ1v) is 8.94.